The summed E-state index contributed by atoms with van der Waals surface area (Å²) in [5, 5.41) is 0. The van der Waals surface area contributed by atoms with E-state index in [1.54, 1.807) is 0 Å². The molecule has 7 heteroatoms. The summed E-state index contributed by atoms with van der Waals surface area (Å²) in [4.78, 5) is 19.2. The van der Waals surface area contributed by atoms with E-state index in [1.165, 1.54) is 0 Å². The zero-order valence-electron chi connectivity index (χ0n) is 23.2. The van der Waals surface area contributed by atoms with Crippen molar-refractivity contribution >= 4 is 12.6 Å². The molecule has 2 aromatic heterocycles. The van der Waals surface area contributed by atoms with Gasteiger partial charge in [0.05, 0.1) is 16.9 Å². The molecule has 6 rings (SSSR count). The molecule has 0 aliphatic carbocycles. The van der Waals surface area contributed by atoms with Gasteiger partial charge in [0.15, 0.2) is 11.6 Å². The fraction of sp³-hybridized carbons (Fsp3) is 0.212. The Labute approximate surface area is 235 Å². The smallest absolute Gasteiger partial charge is 0.399 e. The van der Waals surface area contributed by atoms with E-state index in [0.29, 0.717) is 18.1 Å². The molecule has 0 amide bonds. The molecule has 0 bridgehead atoms. The molecular formula is C33H31BN4O2. The van der Waals surface area contributed by atoms with Crippen molar-refractivity contribution in [2.75, 3.05) is 0 Å². The molecule has 3 heterocycles. The number of hydrogen-bond acceptors (Lipinski definition) is 6. The van der Waals surface area contributed by atoms with E-state index in [1.807, 2.05) is 79.0 Å². The van der Waals surface area contributed by atoms with Gasteiger partial charge in [-0.25, -0.2) is 15.0 Å². The summed E-state index contributed by atoms with van der Waals surface area (Å²) in [5.41, 5.74) is 5.07. The van der Waals surface area contributed by atoms with Crippen molar-refractivity contribution < 1.29 is 9.31 Å². The topological polar surface area (TPSA) is 70.0 Å². The lowest BCUT2D eigenvalue weighted by Gasteiger charge is -2.32. The molecule has 5 aromatic rings. The molecule has 40 heavy (non-hydrogen) atoms. The van der Waals surface area contributed by atoms with E-state index < -0.39 is 0 Å². The van der Waals surface area contributed by atoms with Gasteiger partial charge in [0.2, 0.25) is 0 Å². The highest BCUT2D eigenvalue weighted by Gasteiger charge is 2.51. The maximum Gasteiger partial charge on any atom is 0.494 e. The summed E-state index contributed by atoms with van der Waals surface area (Å²) in [6.45, 7) is 8.25. The van der Waals surface area contributed by atoms with Crippen LogP contribution in [0, 0.1) is 0 Å². The Bertz CT molecular complexity index is 1590. The summed E-state index contributed by atoms with van der Waals surface area (Å²) in [6.07, 6.45) is 2.45. The maximum absolute atomic E-state index is 6.19. The Kier molecular flexibility index (Phi) is 6.78. The number of hydrogen-bond donors (Lipinski definition) is 0. The number of aromatic nitrogens is 4. The first kappa shape index (κ1) is 26.0. The molecule has 0 saturated carbocycles. The van der Waals surface area contributed by atoms with E-state index >= 15 is 0 Å². The predicted molar refractivity (Wildman–Crippen MR) is 159 cm³/mol. The van der Waals surface area contributed by atoms with Gasteiger partial charge in [-0.15, -0.1) is 0 Å². The average Bonchev–Trinajstić information content (AvgIpc) is 3.20. The van der Waals surface area contributed by atoms with Crippen LogP contribution in [-0.2, 0) is 15.7 Å². The lowest BCUT2D eigenvalue weighted by atomic mass is 9.79. The number of nitrogens with zero attached hydrogens (tertiary/aromatic N) is 4. The normalized spacial score (nSPS) is 15.8. The van der Waals surface area contributed by atoms with Crippen LogP contribution in [0.3, 0.4) is 0 Å². The van der Waals surface area contributed by atoms with Gasteiger partial charge in [0, 0.05) is 29.3 Å². The minimum absolute atomic E-state index is 0.371. The standard InChI is InChI=1S/C33H31BN4O2/c1-32(2)33(3,4)40-34(39-32)27-18-15-24(16-19-27)28-20-17-26(22-35-28)31-37-29(21-23-11-7-5-8-12-23)36-30(38-31)25-13-9-6-10-14-25/h5-20,22H,21H2,1-4H3. The summed E-state index contributed by atoms with van der Waals surface area (Å²) >= 11 is 0. The van der Waals surface area contributed by atoms with Crippen molar-refractivity contribution in [3.05, 3.63) is 115 Å². The molecule has 0 spiro atoms. The summed E-state index contributed by atoms with van der Waals surface area (Å²) in [5.74, 6) is 1.98. The second-order valence-electron chi connectivity index (χ2n) is 11.1. The fourth-order valence-corrected chi connectivity index (χ4v) is 4.61. The molecule has 0 radical (unpaired) electrons. The van der Waals surface area contributed by atoms with Crippen molar-refractivity contribution in [3.8, 4) is 34.0 Å². The lowest BCUT2D eigenvalue weighted by Crippen LogP contribution is -2.41. The van der Waals surface area contributed by atoms with Crippen molar-refractivity contribution in [2.45, 2.75) is 45.3 Å². The molecule has 1 aliphatic heterocycles. The molecule has 0 unspecified atom stereocenters. The molecule has 3 aromatic carbocycles. The first-order valence-corrected chi connectivity index (χ1v) is 13.5. The van der Waals surface area contributed by atoms with Gasteiger partial charge in [0.25, 0.3) is 0 Å². The quantitative estimate of drug-likeness (QED) is 0.247. The Hall–Kier alpha value is -4.20. The number of rotatable bonds is 6. The van der Waals surface area contributed by atoms with Crippen LogP contribution in [0.15, 0.2) is 103 Å². The minimum Gasteiger partial charge on any atom is -0.399 e. The van der Waals surface area contributed by atoms with Gasteiger partial charge in [-0.3, -0.25) is 4.98 Å². The van der Waals surface area contributed by atoms with Crippen molar-refractivity contribution in [1.82, 2.24) is 19.9 Å². The van der Waals surface area contributed by atoms with Crippen LogP contribution >= 0.6 is 0 Å². The van der Waals surface area contributed by atoms with Gasteiger partial charge in [0.1, 0.15) is 5.82 Å². The van der Waals surface area contributed by atoms with Crippen LogP contribution in [0.25, 0.3) is 34.0 Å². The van der Waals surface area contributed by atoms with Crippen LogP contribution in [0.4, 0.5) is 0 Å². The van der Waals surface area contributed by atoms with Crippen molar-refractivity contribution in [3.63, 3.8) is 0 Å². The van der Waals surface area contributed by atoms with Crippen LogP contribution in [0.5, 0.6) is 0 Å². The third-order valence-corrected chi connectivity index (χ3v) is 7.67. The molecule has 1 fully saturated rings. The van der Waals surface area contributed by atoms with Crippen molar-refractivity contribution in [2.24, 2.45) is 0 Å². The molecule has 1 saturated heterocycles. The third kappa shape index (κ3) is 5.31. The van der Waals surface area contributed by atoms with E-state index in [2.05, 4.69) is 52.0 Å². The van der Waals surface area contributed by atoms with Crippen LogP contribution < -0.4 is 5.46 Å². The van der Waals surface area contributed by atoms with Crippen LogP contribution in [0.2, 0.25) is 0 Å². The summed E-state index contributed by atoms with van der Waals surface area (Å²) in [7, 11) is -0.387. The van der Waals surface area contributed by atoms with E-state index in [9.17, 15) is 0 Å². The van der Waals surface area contributed by atoms with Gasteiger partial charge in [-0.05, 0) is 50.9 Å². The highest BCUT2D eigenvalue weighted by molar-refractivity contribution is 6.62. The molecule has 0 N–H and O–H groups in total. The molecule has 6 nitrogen and oxygen atoms in total. The first-order valence-electron chi connectivity index (χ1n) is 13.5. The van der Waals surface area contributed by atoms with E-state index in [4.69, 9.17) is 29.2 Å². The predicted octanol–water partition coefficient (Wildman–Crippen LogP) is 6.16. The van der Waals surface area contributed by atoms with Crippen LogP contribution in [0.1, 0.15) is 39.1 Å². The Morgan fingerprint density at radius 3 is 1.77 bits per heavy atom. The first-order chi connectivity index (χ1) is 19.3. The monoisotopic (exact) mass is 526 g/mol. The molecule has 1 aliphatic rings. The minimum atomic E-state index is -0.387. The highest BCUT2D eigenvalue weighted by atomic mass is 16.7. The third-order valence-electron chi connectivity index (χ3n) is 7.67. The zero-order valence-corrected chi connectivity index (χ0v) is 23.2. The van der Waals surface area contributed by atoms with Gasteiger partial charge in [-0.1, -0.05) is 84.9 Å². The second-order valence-corrected chi connectivity index (χ2v) is 11.1. The summed E-state index contributed by atoms with van der Waals surface area (Å²) < 4.78 is 12.4. The van der Waals surface area contributed by atoms with Gasteiger partial charge >= 0.3 is 7.12 Å². The maximum atomic E-state index is 6.19. The largest absolute Gasteiger partial charge is 0.494 e. The van der Waals surface area contributed by atoms with Gasteiger partial charge < -0.3 is 9.31 Å². The molecule has 198 valence electrons. The molecular weight excluding hydrogens is 495 g/mol. The second kappa shape index (κ2) is 10.4. The Morgan fingerprint density at radius 1 is 0.600 bits per heavy atom. The van der Waals surface area contributed by atoms with E-state index in [0.717, 1.165) is 39.2 Å². The SMILES string of the molecule is CC1(C)OB(c2ccc(-c3ccc(-c4nc(Cc5ccccc5)nc(-c5ccccc5)n4)cn3)cc2)OC1(C)C. The average molecular weight is 526 g/mol. The van der Waals surface area contributed by atoms with E-state index in [-0.39, 0.29) is 18.3 Å². The number of benzene rings is 3. The fourth-order valence-electron chi connectivity index (χ4n) is 4.61. The highest BCUT2D eigenvalue weighted by Crippen LogP contribution is 2.36. The zero-order chi connectivity index (χ0) is 27.7. The van der Waals surface area contributed by atoms with Crippen molar-refractivity contribution in [1.29, 1.82) is 0 Å². The summed E-state index contributed by atoms with van der Waals surface area (Å²) in [6, 6.07) is 32.4. The number of pyridine rings is 1. The van der Waals surface area contributed by atoms with Crippen LogP contribution in [-0.4, -0.2) is 38.3 Å². The molecule has 0 atom stereocenters. The Balaban J connectivity index is 1.27. The van der Waals surface area contributed by atoms with Gasteiger partial charge in [-0.2, -0.15) is 0 Å². The lowest BCUT2D eigenvalue weighted by molar-refractivity contribution is 0.00578. The Morgan fingerprint density at radius 2 is 1.18 bits per heavy atom.